The zero-order chi connectivity index (χ0) is 15.9. The second kappa shape index (κ2) is 7.87. The van der Waals surface area contributed by atoms with Crippen LogP contribution in [-0.2, 0) is 14.3 Å². The van der Waals surface area contributed by atoms with Crippen molar-refractivity contribution < 1.29 is 14.3 Å². The molecule has 0 fully saturated rings. The topological polar surface area (TPSA) is 47.9 Å². The van der Waals surface area contributed by atoms with Crippen LogP contribution in [0.2, 0.25) is 0 Å². The fraction of sp³-hybridized carbons (Fsp3) is 0.235. The molecule has 1 aliphatic rings. The Balaban J connectivity index is 2.35. The molecule has 0 spiro atoms. The maximum atomic E-state index is 11.7. The van der Waals surface area contributed by atoms with Crippen molar-refractivity contribution in [3.63, 3.8) is 0 Å². The van der Waals surface area contributed by atoms with E-state index in [1.54, 1.807) is 12.7 Å². The molecule has 1 unspecified atom stereocenters. The summed E-state index contributed by atoms with van der Waals surface area (Å²) in [6.45, 7) is 1.94. The van der Waals surface area contributed by atoms with Gasteiger partial charge in [-0.25, -0.2) is 4.99 Å². The van der Waals surface area contributed by atoms with Gasteiger partial charge < -0.3 is 9.47 Å². The number of esters is 1. The number of methoxy groups -OCH3 is 2. The first-order chi connectivity index (χ1) is 10.7. The third kappa shape index (κ3) is 4.02. The number of nitrogens with zero attached hydrogens (tertiary/aromatic N) is 1. The number of rotatable bonds is 5. The molecule has 116 valence electrons. The quantitative estimate of drug-likeness (QED) is 0.616. The van der Waals surface area contributed by atoms with Crippen LogP contribution in [0.5, 0.6) is 0 Å². The Labute approximate surface area is 133 Å². The summed E-state index contributed by atoms with van der Waals surface area (Å²) in [4.78, 5) is 17.2. The van der Waals surface area contributed by atoms with Gasteiger partial charge in [0.2, 0.25) is 0 Å². The number of ether oxygens (including phenoxy) is 2. The van der Waals surface area contributed by atoms with Crippen LogP contribution in [0.4, 0.5) is 0 Å². The van der Waals surface area contributed by atoms with E-state index in [0.717, 1.165) is 21.2 Å². The lowest BCUT2D eigenvalue weighted by molar-refractivity contribution is -0.139. The van der Waals surface area contributed by atoms with Crippen molar-refractivity contribution in [3.8, 4) is 0 Å². The zero-order valence-corrected chi connectivity index (χ0v) is 13.7. The summed E-state index contributed by atoms with van der Waals surface area (Å²) in [5, 5.41) is 0.938. The average Bonchev–Trinajstić information content (AvgIpc) is 2.82. The van der Waals surface area contributed by atoms with Crippen LogP contribution in [-0.4, -0.2) is 30.8 Å². The van der Waals surface area contributed by atoms with Gasteiger partial charge in [-0.05, 0) is 18.6 Å². The molecule has 0 amide bonds. The van der Waals surface area contributed by atoms with Crippen molar-refractivity contribution in [2.24, 2.45) is 4.99 Å². The van der Waals surface area contributed by atoms with Crippen LogP contribution in [0.3, 0.4) is 0 Å². The van der Waals surface area contributed by atoms with Crippen molar-refractivity contribution in [2.45, 2.75) is 13.3 Å². The molecule has 0 aliphatic carbocycles. The molecule has 0 N–H and O–H groups in total. The Morgan fingerprint density at radius 2 is 1.95 bits per heavy atom. The van der Waals surface area contributed by atoms with Gasteiger partial charge in [0, 0.05) is 12.0 Å². The molecule has 5 heteroatoms. The number of aliphatic imine (C=N–C) groups is 1. The van der Waals surface area contributed by atoms with E-state index in [0.29, 0.717) is 0 Å². The third-order valence-electron chi connectivity index (χ3n) is 3.11. The second-order valence-corrected chi connectivity index (χ2v) is 6.56. The van der Waals surface area contributed by atoms with Gasteiger partial charge in [-0.2, -0.15) is 0 Å². The summed E-state index contributed by atoms with van der Waals surface area (Å²) in [5.41, 5.74) is 3.62. The number of hydrogen-bond acceptors (Lipinski definition) is 4. The fourth-order valence-electron chi connectivity index (χ4n) is 2.04. The summed E-state index contributed by atoms with van der Waals surface area (Å²) in [5.74, 6) is -0.271. The van der Waals surface area contributed by atoms with Gasteiger partial charge in [0.05, 0.1) is 29.8 Å². The molecule has 1 heterocycles. The van der Waals surface area contributed by atoms with E-state index in [1.165, 1.54) is 7.11 Å². The monoisotopic (exact) mass is 317 g/mol. The predicted molar refractivity (Wildman–Crippen MR) is 92.9 cm³/mol. The van der Waals surface area contributed by atoms with Crippen molar-refractivity contribution in [1.29, 1.82) is 0 Å². The molecule has 2 rings (SSSR count). The van der Waals surface area contributed by atoms with Gasteiger partial charge in [-0.1, -0.05) is 46.9 Å². The number of hydrogen-bond donors (Lipinski definition) is 0. The summed E-state index contributed by atoms with van der Waals surface area (Å²) in [7, 11) is 2.61. The second-order valence-electron chi connectivity index (χ2n) is 4.61. The van der Waals surface area contributed by atoms with Gasteiger partial charge >= 0.3 is 5.97 Å². The van der Waals surface area contributed by atoms with E-state index in [1.807, 2.05) is 49.4 Å². The van der Waals surface area contributed by atoms with Gasteiger partial charge in [0.15, 0.2) is 0 Å². The highest BCUT2D eigenvalue weighted by molar-refractivity contribution is 8.31. The van der Waals surface area contributed by atoms with Crippen LogP contribution in [0.25, 0.3) is 6.08 Å². The molecule has 4 nitrogen and oxygen atoms in total. The molecular weight excluding hydrogens is 298 g/mol. The molecule has 0 saturated carbocycles. The molecule has 1 aliphatic heterocycles. The van der Waals surface area contributed by atoms with Crippen molar-refractivity contribution >= 4 is 33.1 Å². The first-order valence-corrected chi connectivity index (χ1v) is 8.12. The maximum absolute atomic E-state index is 11.7. The molecule has 0 saturated heterocycles. The zero-order valence-electron chi connectivity index (χ0n) is 12.9. The molecule has 0 radical (unpaired) electrons. The molecular formula is C17H19NO3S. The molecule has 1 atom stereocenters. The Kier molecular flexibility index (Phi) is 5.86. The molecule has 22 heavy (non-hydrogen) atoms. The number of carbonyl (C=O) groups is 1. The van der Waals surface area contributed by atoms with Crippen LogP contribution < -0.4 is 0 Å². The predicted octanol–water partition coefficient (Wildman–Crippen LogP) is 3.58. The fourth-order valence-corrected chi connectivity index (χ4v) is 3.65. The first kappa shape index (κ1) is 16.4. The Morgan fingerprint density at radius 3 is 2.59 bits per heavy atom. The van der Waals surface area contributed by atoms with Crippen LogP contribution in [0.15, 0.2) is 52.0 Å². The maximum Gasteiger partial charge on any atom is 0.310 e. The smallest absolute Gasteiger partial charge is 0.310 e. The largest absolute Gasteiger partial charge is 0.469 e. The Morgan fingerprint density at radius 1 is 1.23 bits per heavy atom. The van der Waals surface area contributed by atoms with E-state index in [-0.39, 0.29) is 22.9 Å². The lowest BCUT2D eigenvalue weighted by atomic mass is 10.2. The highest BCUT2D eigenvalue weighted by Gasteiger charge is 2.21. The number of allylic oxidation sites excluding steroid dienone is 1. The van der Waals surface area contributed by atoms with E-state index in [4.69, 9.17) is 9.47 Å². The average molecular weight is 317 g/mol. The molecule has 0 aromatic heterocycles. The lowest BCUT2D eigenvalue weighted by Gasteiger charge is -2.07. The molecule has 1 aromatic carbocycles. The van der Waals surface area contributed by atoms with E-state index < -0.39 is 0 Å². The summed E-state index contributed by atoms with van der Waals surface area (Å²) < 4.78 is 9.94. The normalized spacial score (nSPS) is 18.1. The standard InChI is InChI=1S/C17H19NO3S/c1-13-18-15(10-9-14-7-5-4-6-8-14)16(11-17(19)21-3)22(13)12-20-2/h4-10,12H,11H2,1-3H3. The van der Waals surface area contributed by atoms with E-state index >= 15 is 0 Å². The summed E-state index contributed by atoms with van der Waals surface area (Å²) in [6.07, 6.45) is 4.14. The first-order valence-electron chi connectivity index (χ1n) is 6.83. The minimum atomic E-state index is -0.390. The van der Waals surface area contributed by atoms with E-state index in [9.17, 15) is 4.79 Å². The van der Waals surface area contributed by atoms with Gasteiger partial charge in [-0.3, -0.25) is 4.79 Å². The van der Waals surface area contributed by atoms with Crippen molar-refractivity contribution in [3.05, 3.63) is 52.6 Å². The van der Waals surface area contributed by atoms with Crippen molar-refractivity contribution in [2.75, 3.05) is 14.2 Å². The Bertz CT molecular complexity index is 672. The minimum Gasteiger partial charge on any atom is -0.469 e. The van der Waals surface area contributed by atoms with Crippen LogP contribution in [0, 0.1) is 0 Å². The Hall–Kier alpha value is -1.98. The summed E-state index contributed by atoms with van der Waals surface area (Å²) >= 11 is 0. The van der Waals surface area contributed by atoms with E-state index in [2.05, 4.69) is 4.99 Å². The van der Waals surface area contributed by atoms with Crippen LogP contribution in [0.1, 0.15) is 18.9 Å². The minimum absolute atomic E-state index is 0.217. The lowest BCUT2D eigenvalue weighted by Crippen LogP contribution is -2.02. The SMILES string of the molecule is COC=S1C(C)=NC(C=Cc2ccccc2)=C1CC(=O)OC. The van der Waals surface area contributed by atoms with Crippen molar-refractivity contribution in [1.82, 2.24) is 0 Å². The number of carbonyl (C=O) groups excluding carboxylic acids is 1. The summed E-state index contributed by atoms with van der Waals surface area (Å²) in [6, 6.07) is 9.97. The number of benzene rings is 1. The highest BCUT2D eigenvalue weighted by atomic mass is 32.2. The van der Waals surface area contributed by atoms with Gasteiger partial charge in [0.25, 0.3) is 0 Å². The van der Waals surface area contributed by atoms with Gasteiger partial charge in [-0.15, -0.1) is 0 Å². The molecule has 1 aromatic rings. The third-order valence-corrected chi connectivity index (χ3v) is 5.10. The van der Waals surface area contributed by atoms with Crippen LogP contribution >= 0.6 is 10.5 Å². The molecule has 0 bridgehead atoms. The van der Waals surface area contributed by atoms with Gasteiger partial charge in [0.1, 0.15) is 0 Å². The highest BCUT2D eigenvalue weighted by Crippen LogP contribution is 2.39.